The van der Waals surface area contributed by atoms with Gasteiger partial charge in [-0.05, 0) is 59.2 Å². The summed E-state index contributed by atoms with van der Waals surface area (Å²) < 4.78 is 11.9. The summed E-state index contributed by atoms with van der Waals surface area (Å²) in [5.74, 6) is 0.972. The monoisotopic (exact) mass is 400 g/mol. The lowest BCUT2D eigenvalue weighted by atomic mass is 10.1. The Morgan fingerprint density at radius 3 is 2.21 bits per heavy atom. The molecule has 0 aliphatic rings. The van der Waals surface area contributed by atoms with E-state index in [9.17, 15) is 4.79 Å². The number of carbonyl (C=O) groups excluding carboxylic acids is 1. The molecule has 0 saturated heterocycles. The van der Waals surface area contributed by atoms with E-state index in [0.717, 1.165) is 10.0 Å². The van der Waals surface area contributed by atoms with Crippen LogP contribution in [0, 0.1) is 0 Å². The number of ether oxygens (including phenoxy) is 2. The van der Waals surface area contributed by atoms with Gasteiger partial charge in [0.1, 0.15) is 0 Å². The fourth-order valence-corrected chi connectivity index (χ4v) is 2.41. The first-order valence-electron chi connectivity index (χ1n) is 7.96. The number of carbonyl (C=O) groups is 1. The molecule has 0 saturated carbocycles. The van der Waals surface area contributed by atoms with Crippen LogP contribution in [-0.4, -0.2) is 30.7 Å². The van der Waals surface area contributed by atoms with Gasteiger partial charge >= 0.3 is 0 Å². The van der Waals surface area contributed by atoms with Crippen molar-refractivity contribution >= 4 is 21.8 Å². The molecule has 6 heteroatoms. The molecule has 1 aromatic rings. The summed E-state index contributed by atoms with van der Waals surface area (Å²) in [4.78, 5) is 11.9. The van der Waals surface area contributed by atoms with Crippen molar-refractivity contribution in [1.29, 1.82) is 0 Å². The average Bonchev–Trinajstić information content (AvgIpc) is 2.41. The first-order chi connectivity index (χ1) is 10.9. The van der Waals surface area contributed by atoms with Crippen molar-refractivity contribution < 1.29 is 14.3 Å². The standard InChI is InChI=1S/C18H29BrN2O3/c1-17(2,3)20-10-12-8-14(23-7)15(9-13(12)19)24-11-16(22)21-18(4,5)6/h8-9,20H,10-11H2,1-7H3,(H,21,22). The zero-order chi connectivity index (χ0) is 18.5. The van der Waals surface area contributed by atoms with Crippen LogP contribution in [0.15, 0.2) is 16.6 Å². The molecule has 0 aromatic heterocycles. The van der Waals surface area contributed by atoms with Crippen LogP contribution >= 0.6 is 15.9 Å². The Bertz CT molecular complexity index is 575. The minimum absolute atomic E-state index is 0.0207. The molecule has 24 heavy (non-hydrogen) atoms. The molecule has 5 nitrogen and oxygen atoms in total. The number of amides is 1. The van der Waals surface area contributed by atoms with Gasteiger partial charge in [-0.15, -0.1) is 0 Å². The van der Waals surface area contributed by atoms with E-state index in [0.29, 0.717) is 18.0 Å². The molecule has 1 amide bonds. The molecular formula is C18H29BrN2O3. The van der Waals surface area contributed by atoms with Gasteiger partial charge in [0.2, 0.25) is 0 Å². The van der Waals surface area contributed by atoms with Crippen molar-refractivity contribution in [2.45, 2.75) is 59.2 Å². The Kier molecular flexibility index (Phi) is 7.10. The van der Waals surface area contributed by atoms with E-state index in [1.807, 2.05) is 32.9 Å². The maximum Gasteiger partial charge on any atom is 0.258 e. The summed E-state index contributed by atoms with van der Waals surface area (Å²) in [6.45, 7) is 12.8. The maximum atomic E-state index is 11.9. The lowest BCUT2D eigenvalue weighted by molar-refractivity contribution is -0.124. The lowest BCUT2D eigenvalue weighted by Gasteiger charge is -2.22. The molecule has 0 bridgehead atoms. The first kappa shape index (κ1) is 20.8. The van der Waals surface area contributed by atoms with Crippen LogP contribution in [0.1, 0.15) is 47.1 Å². The van der Waals surface area contributed by atoms with E-state index in [4.69, 9.17) is 9.47 Å². The molecule has 1 aromatic carbocycles. The Morgan fingerprint density at radius 2 is 1.71 bits per heavy atom. The second-order valence-corrected chi connectivity index (χ2v) is 8.64. The fourth-order valence-electron chi connectivity index (χ4n) is 1.94. The van der Waals surface area contributed by atoms with Crippen molar-refractivity contribution in [3.05, 3.63) is 22.2 Å². The van der Waals surface area contributed by atoms with Gasteiger partial charge in [-0.2, -0.15) is 0 Å². The second-order valence-electron chi connectivity index (χ2n) is 7.78. The topological polar surface area (TPSA) is 59.6 Å². The zero-order valence-corrected chi connectivity index (χ0v) is 17.3. The predicted octanol–water partition coefficient (Wildman–Crippen LogP) is 3.64. The highest BCUT2D eigenvalue weighted by molar-refractivity contribution is 9.10. The van der Waals surface area contributed by atoms with Gasteiger partial charge in [0.05, 0.1) is 7.11 Å². The molecule has 0 aliphatic heterocycles. The predicted molar refractivity (Wildman–Crippen MR) is 101 cm³/mol. The minimum Gasteiger partial charge on any atom is -0.493 e. The summed E-state index contributed by atoms with van der Waals surface area (Å²) in [6, 6.07) is 3.75. The largest absolute Gasteiger partial charge is 0.493 e. The van der Waals surface area contributed by atoms with Gasteiger partial charge in [0.15, 0.2) is 18.1 Å². The first-order valence-corrected chi connectivity index (χ1v) is 8.76. The van der Waals surface area contributed by atoms with Crippen LogP contribution in [0.2, 0.25) is 0 Å². The van der Waals surface area contributed by atoms with Crippen LogP contribution in [0.5, 0.6) is 11.5 Å². The Labute approximate surface area is 153 Å². The highest BCUT2D eigenvalue weighted by Crippen LogP contribution is 2.33. The number of methoxy groups -OCH3 is 1. The van der Waals surface area contributed by atoms with Crippen molar-refractivity contribution in [1.82, 2.24) is 10.6 Å². The second kappa shape index (κ2) is 8.21. The minimum atomic E-state index is -0.284. The van der Waals surface area contributed by atoms with Crippen molar-refractivity contribution in [2.24, 2.45) is 0 Å². The third kappa shape index (κ3) is 7.53. The van der Waals surface area contributed by atoms with Crippen LogP contribution in [0.25, 0.3) is 0 Å². The molecule has 2 N–H and O–H groups in total. The van der Waals surface area contributed by atoms with E-state index in [1.54, 1.807) is 7.11 Å². The van der Waals surface area contributed by atoms with Gasteiger partial charge < -0.3 is 20.1 Å². The van der Waals surface area contributed by atoms with Crippen LogP contribution < -0.4 is 20.1 Å². The number of halogens is 1. The number of hydrogen-bond donors (Lipinski definition) is 2. The molecule has 136 valence electrons. The van der Waals surface area contributed by atoms with Crippen LogP contribution in [-0.2, 0) is 11.3 Å². The highest BCUT2D eigenvalue weighted by atomic mass is 79.9. The summed E-state index contributed by atoms with van der Waals surface area (Å²) in [5, 5.41) is 6.30. The van der Waals surface area contributed by atoms with Gasteiger partial charge in [-0.1, -0.05) is 15.9 Å². The van der Waals surface area contributed by atoms with E-state index >= 15 is 0 Å². The van der Waals surface area contributed by atoms with Crippen molar-refractivity contribution in [3.8, 4) is 11.5 Å². The molecule has 0 spiro atoms. The van der Waals surface area contributed by atoms with E-state index < -0.39 is 0 Å². The Morgan fingerprint density at radius 1 is 1.08 bits per heavy atom. The maximum absolute atomic E-state index is 11.9. The summed E-state index contributed by atoms with van der Waals surface area (Å²) in [5.41, 5.74) is 0.800. The quantitative estimate of drug-likeness (QED) is 0.764. The van der Waals surface area contributed by atoms with Crippen molar-refractivity contribution in [2.75, 3.05) is 13.7 Å². The summed E-state index contributed by atoms with van der Waals surface area (Å²) in [6.07, 6.45) is 0. The zero-order valence-electron chi connectivity index (χ0n) is 15.7. The SMILES string of the molecule is COc1cc(CNC(C)(C)C)c(Br)cc1OCC(=O)NC(C)(C)C. The van der Waals surface area contributed by atoms with Gasteiger partial charge in [-0.25, -0.2) is 0 Å². The molecule has 1 rings (SSSR count). The van der Waals surface area contributed by atoms with E-state index in [1.165, 1.54) is 0 Å². The van der Waals surface area contributed by atoms with Crippen LogP contribution in [0.3, 0.4) is 0 Å². The summed E-state index contributed by atoms with van der Waals surface area (Å²) >= 11 is 3.56. The van der Waals surface area contributed by atoms with Gasteiger partial charge in [0, 0.05) is 22.1 Å². The van der Waals surface area contributed by atoms with Gasteiger partial charge in [-0.3, -0.25) is 4.79 Å². The number of hydrogen-bond acceptors (Lipinski definition) is 4. The Hall–Kier alpha value is -1.27. The third-order valence-corrected chi connectivity index (χ3v) is 3.75. The molecule has 0 radical (unpaired) electrons. The highest BCUT2D eigenvalue weighted by Gasteiger charge is 2.17. The molecule has 0 unspecified atom stereocenters. The smallest absolute Gasteiger partial charge is 0.258 e. The number of rotatable bonds is 6. The number of nitrogens with one attached hydrogen (secondary N) is 2. The van der Waals surface area contributed by atoms with Crippen LogP contribution in [0.4, 0.5) is 0 Å². The molecular weight excluding hydrogens is 372 g/mol. The summed E-state index contributed by atoms with van der Waals surface area (Å²) in [7, 11) is 1.59. The normalized spacial score (nSPS) is 12.0. The molecule has 0 atom stereocenters. The van der Waals surface area contributed by atoms with E-state index in [-0.39, 0.29) is 23.6 Å². The molecule has 0 fully saturated rings. The lowest BCUT2D eigenvalue weighted by Crippen LogP contribution is -2.43. The molecule has 0 aliphatic carbocycles. The Balaban J connectivity index is 2.82. The third-order valence-electron chi connectivity index (χ3n) is 3.02. The van der Waals surface area contributed by atoms with Gasteiger partial charge in [0.25, 0.3) is 5.91 Å². The molecule has 0 heterocycles. The fraction of sp³-hybridized carbons (Fsp3) is 0.611. The van der Waals surface area contributed by atoms with E-state index in [2.05, 4.69) is 47.3 Å². The van der Waals surface area contributed by atoms with Crippen molar-refractivity contribution in [3.63, 3.8) is 0 Å². The number of benzene rings is 1. The average molecular weight is 401 g/mol.